The van der Waals surface area contributed by atoms with E-state index in [1.165, 1.54) is 7.11 Å². The first-order chi connectivity index (χ1) is 12.6. The second kappa shape index (κ2) is 8.01. The van der Waals surface area contributed by atoms with Gasteiger partial charge in [0.2, 0.25) is 5.91 Å². The minimum Gasteiger partial charge on any atom is -0.482 e. The summed E-state index contributed by atoms with van der Waals surface area (Å²) in [6.45, 7) is 1.18. The number of hydrogen-bond donors (Lipinski definition) is 2. The van der Waals surface area contributed by atoms with Crippen LogP contribution >= 0.6 is 0 Å². The Balaban J connectivity index is 1.64. The van der Waals surface area contributed by atoms with Gasteiger partial charge in [0.25, 0.3) is 0 Å². The smallest absolute Gasteiger partial charge is 0.343 e. The third kappa shape index (κ3) is 4.20. The van der Waals surface area contributed by atoms with Crippen LogP contribution < -0.4 is 15.4 Å². The van der Waals surface area contributed by atoms with Crippen molar-refractivity contribution in [1.29, 1.82) is 0 Å². The Morgan fingerprint density at radius 2 is 2.23 bits per heavy atom. The molecule has 0 spiro atoms. The van der Waals surface area contributed by atoms with E-state index < -0.39 is 5.97 Å². The van der Waals surface area contributed by atoms with Crippen LogP contribution in [0.5, 0.6) is 5.75 Å². The van der Waals surface area contributed by atoms with E-state index in [1.807, 2.05) is 13.2 Å². The van der Waals surface area contributed by atoms with Gasteiger partial charge in [0, 0.05) is 44.0 Å². The van der Waals surface area contributed by atoms with Gasteiger partial charge in [0.15, 0.2) is 6.61 Å². The van der Waals surface area contributed by atoms with E-state index in [1.54, 1.807) is 35.1 Å². The highest BCUT2D eigenvalue weighted by Crippen LogP contribution is 2.29. The maximum Gasteiger partial charge on any atom is 0.343 e. The van der Waals surface area contributed by atoms with E-state index in [2.05, 4.69) is 20.5 Å². The monoisotopic (exact) mass is 358 g/mol. The van der Waals surface area contributed by atoms with Crippen molar-refractivity contribution in [3.05, 3.63) is 42.2 Å². The summed E-state index contributed by atoms with van der Waals surface area (Å²) in [6, 6.07) is 6.94. The largest absolute Gasteiger partial charge is 0.482 e. The van der Waals surface area contributed by atoms with Crippen molar-refractivity contribution in [3.8, 4) is 5.75 Å². The Kier molecular flexibility index (Phi) is 5.52. The van der Waals surface area contributed by atoms with Crippen molar-refractivity contribution in [1.82, 2.24) is 15.1 Å². The lowest BCUT2D eigenvalue weighted by molar-refractivity contribution is -0.142. The first-order valence-corrected chi connectivity index (χ1v) is 8.36. The third-order valence-electron chi connectivity index (χ3n) is 4.39. The van der Waals surface area contributed by atoms with E-state index in [0.717, 1.165) is 12.1 Å². The van der Waals surface area contributed by atoms with Crippen LogP contribution in [0, 0.1) is 5.92 Å². The predicted molar refractivity (Wildman–Crippen MR) is 94.9 cm³/mol. The summed E-state index contributed by atoms with van der Waals surface area (Å²) in [5, 5.41) is 10.4. The molecule has 2 atom stereocenters. The van der Waals surface area contributed by atoms with Gasteiger partial charge in [-0.2, -0.15) is 5.10 Å². The van der Waals surface area contributed by atoms with E-state index in [4.69, 9.17) is 4.74 Å². The summed E-state index contributed by atoms with van der Waals surface area (Å²) in [5.74, 6) is -0.132. The maximum absolute atomic E-state index is 12.7. The van der Waals surface area contributed by atoms with Crippen LogP contribution in [0.1, 0.15) is 11.5 Å². The lowest BCUT2D eigenvalue weighted by Gasteiger charge is -2.17. The Hall–Kier alpha value is -2.87. The second-order valence-electron chi connectivity index (χ2n) is 6.20. The molecule has 26 heavy (non-hydrogen) atoms. The number of rotatable bonds is 6. The van der Waals surface area contributed by atoms with Crippen LogP contribution in [0.3, 0.4) is 0 Å². The number of nitrogens with one attached hydrogen (secondary N) is 2. The van der Waals surface area contributed by atoms with E-state index in [-0.39, 0.29) is 24.3 Å². The quantitative estimate of drug-likeness (QED) is 0.746. The highest BCUT2D eigenvalue weighted by atomic mass is 16.6. The average molecular weight is 358 g/mol. The predicted octanol–water partition coefficient (Wildman–Crippen LogP) is 0.914. The van der Waals surface area contributed by atoms with Crippen molar-refractivity contribution >= 4 is 17.6 Å². The molecular formula is C18H22N4O4. The molecule has 1 aliphatic rings. The van der Waals surface area contributed by atoms with Crippen LogP contribution in [0.15, 0.2) is 36.7 Å². The average Bonchev–Trinajstić information content (AvgIpc) is 3.28. The molecule has 0 radical (unpaired) electrons. The van der Waals surface area contributed by atoms with Gasteiger partial charge in [-0.15, -0.1) is 0 Å². The summed E-state index contributed by atoms with van der Waals surface area (Å²) in [6.07, 6.45) is 3.75. The Morgan fingerprint density at radius 3 is 2.96 bits per heavy atom. The lowest BCUT2D eigenvalue weighted by Crippen LogP contribution is -2.28. The normalized spacial score (nSPS) is 19.2. The molecule has 0 aliphatic carbocycles. The topological polar surface area (TPSA) is 94.5 Å². The third-order valence-corrected chi connectivity index (χ3v) is 4.39. The molecule has 0 saturated carbocycles. The number of anilines is 1. The van der Waals surface area contributed by atoms with Gasteiger partial charge < -0.3 is 20.1 Å². The molecule has 1 amide bonds. The molecular weight excluding hydrogens is 336 g/mol. The molecule has 0 unspecified atom stereocenters. The zero-order valence-electron chi connectivity index (χ0n) is 14.8. The fraction of sp³-hybridized carbons (Fsp3) is 0.389. The van der Waals surface area contributed by atoms with E-state index in [0.29, 0.717) is 18.0 Å². The highest BCUT2D eigenvalue weighted by Gasteiger charge is 2.34. The molecule has 2 N–H and O–H groups in total. The number of aromatic nitrogens is 2. The number of carbonyl (C=O) groups is 2. The Morgan fingerprint density at radius 1 is 1.38 bits per heavy atom. The molecule has 8 heteroatoms. The minimum atomic E-state index is -0.462. The number of methoxy groups -OCH3 is 1. The summed E-state index contributed by atoms with van der Waals surface area (Å²) in [5.41, 5.74) is 1.67. The number of benzene rings is 1. The van der Waals surface area contributed by atoms with E-state index >= 15 is 0 Å². The molecule has 1 aromatic carbocycles. The summed E-state index contributed by atoms with van der Waals surface area (Å²) in [4.78, 5) is 23.9. The standard InChI is InChI=1S/C18H22N4O4/c1-22-10-12(7-20-22)15-8-19-9-16(15)18(24)21-13-4-3-5-14(6-13)26-11-17(23)25-2/h3-7,10,15-16,19H,8-9,11H2,1-2H3,(H,21,24)/t15-,16+/m1/s1. The molecule has 2 aromatic rings. The summed E-state index contributed by atoms with van der Waals surface area (Å²) >= 11 is 0. The molecule has 2 heterocycles. The molecule has 138 valence electrons. The first-order valence-electron chi connectivity index (χ1n) is 8.36. The van der Waals surface area contributed by atoms with Crippen molar-refractivity contribution in [2.75, 3.05) is 32.1 Å². The highest BCUT2D eigenvalue weighted by molar-refractivity contribution is 5.93. The number of esters is 1. The zero-order valence-corrected chi connectivity index (χ0v) is 14.8. The van der Waals surface area contributed by atoms with Crippen LogP contribution in [0.25, 0.3) is 0 Å². The molecule has 1 aromatic heterocycles. The molecule has 0 bridgehead atoms. The zero-order chi connectivity index (χ0) is 18.5. The first kappa shape index (κ1) is 17.9. The second-order valence-corrected chi connectivity index (χ2v) is 6.20. The summed E-state index contributed by atoms with van der Waals surface area (Å²) < 4.78 is 11.6. The van der Waals surface area contributed by atoms with E-state index in [9.17, 15) is 9.59 Å². The number of amides is 1. The molecule has 8 nitrogen and oxygen atoms in total. The van der Waals surface area contributed by atoms with Crippen molar-refractivity contribution in [2.45, 2.75) is 5.92 Å². The van der Waals surface area contributed by atoms with Gasteiger partial charge >= 0.3 is 5.97 Å². The number of carbonyl (C=O) groups excluding carboxylic acids is 2. The lowest BCUT2D eigenvalue weighted by atomic mass is 9.90. The number of hydrogen-bond acceptors (Lipinski definition) is 6. The van der Waals surface area contributed by atoms with Crippen molar-refractivity contribution in [2.24, 2.45) is 13.0 Å². The van der Waals surface area contributed by atoms with Gasteiger partial charge in [0.1, 0.15) is 5.75 Å². The fourth-order valence-electron chi connectivity index (χ4n) is 3.04. The van der Waals surface area contributed by atoms with Crippen LogP contribution in [0.4, 0.5) is 5.69 Å². The SMILES string of the molecule is COC(=O)COc1cccc(NC(=O)[C@H]2CNC[C@@H]2c2cnn(C)c2)c1. The number of ether oxygens (including phenoxy) is 2. The minimum absolute atomic E-state index is 0.0611. The number of aryl methyl sites for hydroxylation is 1. The Labute approximate surface area is 151 Å². The van der Waals surface area contributed by atoms with Crippen molar-refractivity contribution in [3.63, 3.8) is 0 Å². The van der Waals surface area contributed by atoms with Gasteiger partial charge in [-0.1, -0.05) is 6.07 Å². The summed E-state index contributed by atoms with van der Waals surface area (Å²) in [7, 11) is 3.16. The van der Waals surface area contributed by atoms with Crippen molar-refractivity contribution < 1.29 is 19.1 Å². The van der Waals surface area contributed by atoms with Crippen LogP contribution in [0.2, 0.25) is 0 Å². The fourth-order valence-corrected chi connectivity index (χ4v) is 3.04. The Bertz CT molecular complexity index is 789. The van der Waals surface area contributed by atoms with Gasteiger partial charge in [0.05, 0.1) is 19.2 Å². The van der Waals surface area contributed by atoms with Gasteiger partial charge in [-0.3, -0.25) is 9.48 Å². The molecule has 1 fully saturated rings. The molecule has 3 rings (SSSR count). The van der Waals surface area contributed by atoms with Crippen LogP contribution in [-0.2, 0) is 21.4 Å². The molecule has 1 aliphatic heterocycles. The van der Waals surface area contributed by atoms with Gasteiger partial charge in [-0.05, 0) is 17.7 Å². The maximum atomic E-state index is 12.7. The number of nitrogens with zero attached hydrogens (tertiary/aromatic N) is 2. The molecule has 1 saturated heterocycles. The van der Waals surface area contributed by atoms with Gasteiger partial charge in [-0.25, -0.2) is 4.79 Å². The van der Waals surface area contributed by atoms with Crippen LogP contribution in [-0.4, -0.2) is 48.5 Å².